The summed E-state index contributed by atoms with van der Waals surface area (Å²) in [6.07, 6.45) is -2.05. The lowest BCUT2D eigenvalue weighted by Gasteiger charge is -2.34. The SMILES string of the molecule is CCS(=O)(=O)N[C@H]1[C@@H](F)CN(C(=O)C2CCO2)[C@H]1Cc1cccc(-c2cccc(C)c2F)c1F. The molecule has 1 N–H and O–H groups in total. The number of aryl methyl sites for hydroxylation is 1. The summed E-state index contributed by atoms with van der Waals surface area (Å²) in [5.74, 6) is -1.95. The predicted octanol–water partition coefficient (Wildman–Crippen LogP) is 3.13. The van der Waals surface area contributed by atoms with Crippen LogP contribution < -0.4 is 4.72 Å². The molecule has 6 nitrogen and oxygen atoms in total. The molecule has 10 heteroatoms. The van der Waals surface area contributed by atoms with Crippen LogP contribution in [-0.4, -0.2) is 62.5 Å². The second kappa shape index (κ2) is 9.67. The highest BCUT2D eigenvalue weighted by atomic mass is 32.2. The van der Waals surface area contributed by atoms with E-state index in [4.69, 9.17) is 4.74 Å². The van der Waals surface area contributed by atoms with Crippen LogP contribution in [0, 0.1) is 18.6 Å². The van der Waals surface area contributed by atoms with E-state index in [0.717, 1.165) is 0 Å². The van der Waals surface area contributed by atoms with Crippen LogP contribution in [0.4, 0.5) is 13.2 Å². The van der Waals surface area contributed by atoms with E-state index in [1.807, 2.05) is 0 Å². The number of nitrogens with zero attached hydrogens (tertiary/aromatic N) is 1. The van der Waals surface area contributed by atoms with Gasteiger partial charge in [0, 0.05) is 17.5 Å². The first kappa shape index (κ1) is 24.7. The first-order valence-corrected chi connectivity index (χ1v) is 12.9. The van der Waals surface area contributed by atoms with Gasteiger partial charge in [-0.25, -0.2) is 26.3 Å². The van der Waals surface area contributed by atoms with E-state index in [9.17, 15) is 17.6 Å². The van der Waals surface area contributed by atoms with Gasteiger partial charge in [-0.2, -0.15) is 0 Å². The third-order valence-electron chi connectivity index (χ3n) is 6.52. The first-order chi connectivity index (χ1) is 16.1. The van der Waals surface area contributed by atoms with Crippen LogP contribution in [0.2, 0.25) is 0 Å². The van der Waals surface area contributed by atoms with Crippen molar-refractivity contribution in [3.8, 4) is 11.1 Å². The molecule has 4 atom stereocenters. The van der Waals surface area contributed by atoms with Crippen molar-refractivity contribution in [2.45, 2.75) is 51.0 Å². The van der Waals surface area contributed by atoms with Gasteiger partial charge in [0.05, 0.1) is 31.0 Å². The predicted molar refractivity (Wildman–Crippen MR) is 121 cm³/mol. The number of hydrogen-bond acceptors (Lipinski definition) is 4. The molecule has 0 bridgehead atoms. The lowest BCUT2D eigenvalue weighted by molar-refractivity contribution is -0.157. The average molecular weight is 497 g/mol. The minimum atomic E-state index is -3.80. The average Bonchev–Trinajstić information content (AvgIpc) is 3.05. The van der Waals surface area contributed by atoms with Gasteiger partial charge in [0.15, 0.2) is 0 Å². The molecule has 2 fully saturated rings. The van der Waals surface area contributed by atoms with Gasteiger partial charge in [0.1, 0.15) is 23.9 Å². The normalized spacial score (nSPS) is 24.8. The molecule has 2 aliphatic heterocycles. The summed E-state index contributed by atoms with van der Waals surface area (Å²) >= 11 is 0. The number of alkyl halides is 1. The van der Waals surface area contributed by atoms with E-state index < -0.39 is 51.9 Å². The Morgan fingerprint density at radius 2 is 1.79 bits per heavy atom. The number of carbonyl (C=O) groups is 1. The smallest absolute Gasteiger partial charge is 0.252 e. The van der Waals surface area contributed by atoms with Gasteiger partial charge >= 0.3 is 0 Å². The molecule has 4 rings (SSSR count). The fourth-order valence-corrected chi connectivity index (χ4v) is 5.33. The Kier molecular flexibility index (Phi) is 7.02. The van der Waals surface area contributed by atoms with Crippen molar-refractivity contribution in [1.82, 2.24) is 9.62 Å². The minimum Gasteiger partial charge on any atom is -0.368 e. The topological polar surface area (TPSA) is 75.7 Å². The van der Waals surface area contributed by atoms with Crippen LogP contribution in [-0.2, 0) is 26.0 Å². The molecule has 0 aromatic heterocycles. The Morgan fingerprint density at radius 1 is 1.15 bits per heavy atom. The number of nitrogens with one attached hydrogen (secondary N) is 1. The molecule has 1 unspecified atom stereocenters. The molecular weight excluding hydrogens is 469 g/mol. The van der Waals surface area contributed by atoms with Crippen molar-refractivity contribution in [2.24, 2.45) is 0 Å². The van der Waals surface area contributed by atoms with E-state index in [2.05, 4.69) is 4.72 Å². The lowest BCUT2D eigenvalue weighted by atomic mass is 9.94. The van der Waals surface area contributed by atoms with E-state index in [1.54, 1.807) is 25.1 Å². The molecule has 34 heavy (non-hydrogen) atoms. The largest absolute Gasteiger partial charge is 0.368 e. The fourth-order valence-electron chi connectivity index (χ4n) is 4.45. The molecule has 0 spiro atoms. The van der Waals surface area contributed by atoms with Crippen molar-refractivity contribution < 1.29 is 31.1 Å². The van der Waals surface area contributed by atoms with E-state index in [1.165, 1.54) is 30.0 Å². The highest BCUT2D eigenvalue weighted by molar-refractivity contribution is 7.89. The third-order valence-corrected chi connectivity index (χ3v) is 7.91. The highest BCUT2D eigenvalue weighted by Crippen LogP contribution is 2.32. The molecule has 2 aliphatic rings. The summed E-state index contributed by atoms with van der Waals surface area (Å²) in [6, 6.07) is 6.95. The molecule has 184 valence electrons. The van der Waals surface area contributed by atoms with Crippen molar-refractivity contribution >= 4 is 15.9 Å². The Hall–Kier alpha value is -2.43. The second-order valence-corrected chi connectivity index (χ2v) is 10.7. The number of hydrogen-bond donors (Lipinski definition) is 1. The molecule has 2 heterocycles. The number of ether oxygens (including phenoxy) is 1. The first-order valence-electron chi connectivity index (χ1n) is 11.2. The number of likely N-dealkylation sites (tertiary alicyclic amines) is 1. The maximum Gasteiger partial charge on any atom is 0.252 e. The van der Waals surface area contributed by atoms with Gasteiger partial charge in [0.2, 0.25) is 10.0 Å². The third kappa shape index (κ3) is 4.71. The van der Waals surface area contributed by atoms with Crippen LogP contribution in [0.3, 0.4) is 0 Å². The van der Waals surface area contributed by atoms with Gasteiger partial charge in [-0.3, -0.25) is 4.79 Å². The van der Waals surface area contributed by atoms with Crippen LogP contribution in [0.25, 0.3) is 11.1 Å². The zero-order valence-corrected chi connectivity index (χ0v) is 19.7. The second-order valence-electron chi connectivity index (χ2n) is 8.69. The summed E-state index contributed by atoms with van der Waals surface area (Å²) < 4.78 is 77.4. The summed E-state index contributed by atoms with van der Waals surface area (Å²) in [5, 5.41) is 0. The van der Waals surface area contributed by atoms with Crippen LogP contribution in [0.1, 0.15) is 24.5 Å². The lowest BCUT2D eigenvalue weighted by Crippen LogP contribution is -2.53. The van der Waals surface area contributed by atoms with E-state index in [-0.39, 0.29) is 35.4 Å². The van der Waals surface area contributed by atoms with E-state index in [0.29, 0.717) is 18.6 Å². The maximum absolute atomic E-state index is 15.6. The number of sulfonamides is 1. The molecule has 0 saturated carbocycles. The molecular formula is C24H27F3N2O4S. The molecule has 2 saturated heterocycles. The van der Waals surface area contributed by atoms with Gasteiger partial charge in [-0.15, -0.1) is 0 Å². The minimum absolute atomic E-state index is 0.0411. The van der Waals surface area contributed by atoms with E-state index >= 15 is 8.78 Å². The Balaban J connectivity index is 1.70. The standard InChI is InChI=1S/C24H27F3N2O4S/c1-3-34(31,32)28-23-18(25)13-29(24(30)20-10-11-33-20)19(23)12-15-7-5-9-17(22(15)27)16-8-4-6-14(2)21(16)26/h4-9,18-20,23,28H,3,10-13H2,1-2H3/t18-,19-,20?,23-/m0/s1. The van der Waals surface area contributed by atoms with Gasteiger partial charge < -0.3 is 9.64 Å². The van der Waals surface area contributed by atoms with Crippen LogP contribution in [0.5, 0.6) is 0 Å². The number of amides is 1. The Labute approximate surface area is 197 Å². The van der Waals surface area contributed by atoms with Crippen LogP contribution in [0.15, 0.2) is 36.4 Å². The summed E-state index contributed by atoms with van der Waals surface area (Å²) in [5.41, 5.74) is 0.628. The molecule has 1 amide bonds. The van der Waals surface area contributed by atoms with Crippen molar-refractivity contribution in [3.05, 3.63) is 59.2 Å². The monoisotopic (exact) mass is 496 g/mol. The number of rotatable bonds is 7. The zero-order chi connectivity index (χ0) is 24.6. The Bertz CT molecular complexity index is 1190. The Morgan fingerprint density at radius 3 is 2.41 bits per heavy atom. The summed E-state index contributed by atoms with van der Waals surface area (Å²) in [7, 11) is -3.80. The molecule has 0 aliphatic carbocycles. The fraction of sp³-hybridized carbons (Fsp3) is 0.458. The summed E-state index contributed by atoms with van der Waals surface area (Å²) in [4.78, 5) is 14.2. The van der Waals surface area contributed by atoms with Crippen molar-refractivity contribution in [1.29, 1.82) is 0 Å². The van der Waals surface area contributed by atoms with Gasteiger partial charge in [-0.1, -0.05) is 36.4 Å². The van der Waals surface area contributed by atoms with Gasteiger partial charge in [-0.05, 0) is 31.4 Å². The van der Waals surface area contributed by atoms with Gasteiger partial charge in [0.25, 0.3) is 5.91 Å². The quantitative estimate of drug-likeness (QED) is 0.639. The molecule has 0 radical (unpaired) electrons. The summed E-state index contributed by atoms with van der Waals surface area (Å²) in [6.45, 7) is 3.09. The van der Waals surface area contributed by atoms with Crippen molar-refractivity contribution in [2.75, 3.05) is 18.9 Å². The molecule has 2 aromatic carbocycles. The van der Waals surface area contributed by atoms with Crippen molar-refractivity contribution in [3.63, 3.8) is 0 Å². The van der Waals surface area contributed by atoms with Crippen LogP contribution >= 0.6 is 0 Å². The number of halogens is 3. The number of carbonyl (C=O) groups excluding carboxylic acids is 1. The molecule has 2 aromatic rings. The maximum atomic E-state index is 15.6. The highest BCUT2D eigenvalue weighted by Gasteiger charge is 2.48. The number of benzene rings is 2. The zero-order valence-electron chi connectivity index (χ0n) is 18.9.